The normalized spacial score (nSPS) is 18.0. The number of allylic oxidation sites excluding steroid dienone is 1. The van der Waals surface area contributed by atoms with Gasteiger partial charge in [-0.25, -0.2) is 9.18 Å². The summed E-state index contributed by atoms with van der Waals surface area (Å²) < 4.78 is 17.3. The second kappa shape index (κ2) is 10.3. The van der Waals surface area contributed by atoms with Crippen molar-refractivity contribution in [3.63, 3.8) is 0 Å². The number of fused-ring (bicyclic) bond motifs is 1. The van der Waals surface area contributed by atoms with E-state index in [0.717, 1.165) is 37.3 Å². The van der Waals surface area contributed by atoms with Crippen LogP contribution in [0.2, 0.25) is 0 Å². The predicted octanol–water partition coefficient (Wildman–Crippen LogP) is 5.96. The Labute approximate surface area is 188 Å². The number of pyridine rings is 1. The molecule has 2 saturated carbocycles. The molecule has 0 radical (unpaired) electrons. The lowest BCUT2D eigenvalue weighted by atomic mass is 9.95. The lowest BCUT2D eigenvalue weighted by molar-refractivity contribution is -0.131. The van der Waals surface area contributed by atoms with Gasteiger partial charge in [-0.1, -0.05) is 38.2 Å². The summed E-state index contributed by atoms with van der Waals surface area (Å²) in [6.45, 7) is 0. The van der Waals surface area contributed by atoms with Crippen LogP contribution in [-0.4, -0.2) is 21.7 Å². The molecule has 5 nitrogen and oxygen atoms in total. The zero-order valence-electron chi connectivity index (χ0n) is 18.6. The van der Waals surface area contributed by atoms with Gasteiger partial charge >= 0.3 is 5.97 Å². The fourth-order valence-electron chi connectivity index (χ4n) is 5.26. The highest BCUT2D eigenvalue weighted by Gasteiger charge is 2.22. The third-order valence-electron chi connectivity index (χ3n) is 6.95. The number of nitrogens with one attached hydrogen (secondary N) is 1. The Bertz CT molecular complexity index is 1050. The fraction of sp³-hybridized carbons (Fsp3) is 0.538. The number of carboxylic acid groups (broad SMARTS) is 1. The number of carboxylic acids is 1. The van der Waals surface area contributed by atoms with Gasteiger partial charge < -0.3 is 15.0 Å². The molecule has 0 saturated heterocycles. The van der Waals surface area contributed by atoms with E-state index in [9.17, 15) is 9.59 Å². The minimum Gasteiger partial charge on any atom is -0.478 e. The summed E-state index contributed by atoms with van der Waals surface area (Å²) >= 11 is 0. The zero-order chi connectivity index (χ0) is 22.5. The van der Waals surface area contributed by atoms with E-state index < -0.39 is 5.97 Å². The van der Waals surface area contributed by atoms with Gasteiger partial charge in [0, 0.05) is 35.3 Å². The van der Waals surface area contributed by atoms with Crippen molar-refractivity contribution in [2.75, 3.05) is 5.32 Å². The highest BCUT2D eigenvalue weighted by Crippen LogP contribution is 2.34. The van der Waals surface area contributed by atoms with Gasteiger partial charge in [0.25, 0.3) is 0 Å². The first kappa shape index (κ1) is 22.6. The van der Waals surface area contributed by atoms with E-state index >= 15 is 4.39 Å². The molecule has 0 atom stereocenters. The molecular weight excluding hydrogens is 407 g/mol. The summed E-state index contributed by atoms with van der Waals surface area (Å²) in [5.74, 6) is -1.33. The van der Waals surface area contributed by atoms with E-state index in [2.05, 4.69) is 9.88 Å². The van der Waals surface area contributed by atoms with Crippen molar-refractivity contribution in [2.45, 2.75) is 89.1 Å². The van der Waals surface area contributed by atoms with E-state index in [1.165, 1.54) is 38.2 Å². The molecule has 32 heavy (non-hydrogen) atoms. The van der Waals surface area contributed by atoms with Gasteiger partial charge in [-0.3, -0.25) is 4.79 Å². The topological polar surface area (TPSA) is 71.3 Å². The maximum absolute atomic E-state index is 15.0. The number of carbonyl (C=O) groups is 1. The average Bonchev–Trinajstić information content (AvgIpc) is 3.31. The molecule has 4 rings (SSSR count). The average molecular weight is 441 g/mol. The molecule has 0 bridgehead atoms. The standard InChI is InChI=1S/C26H33FN2O3/c27-22-15-21-24(16-23(22)28-19-10-4-2-5-11-19)29(20-12-7-8-13-20)17-18(26(21)32)9-3-1-6-14-25(30)31/h6,14-17,19-20,28H,1-5,7-13H2,(H,30,31)/b14-6+. The first-order chi connectivity index (χ1) is 15.5. The predicted molar refractivity (Wildman–Crippen MR) is 126 cm³/mol. The zero-order valence-corrected chi connectivity index (χ0v) is 18.6. The molecule has 0 spiro atoms. The number of nitrogens with zero attached hydrogens (tertiary/aromatic N) is 1. The lowest BCUT2D eigenvalue weighted by Gasteiger charge is -2.25. The molecule has 2 fully saturated rings. The van der Waals surface area contributed by atoms with Crippen molar-refractivity contribution in [3.8, 4) is 0 Å². The molecule has 0 unspecified atom stereocenters. The van der Waals surface area contributed by atoms with Crippen molar-refractivity contribution in [1.82, 2.24) is 4.57 Å². The third-order valence-corrected chi connectivity index (χ3v) is 6.95. The summed E-state index contributed by atoms with van der Waals surface area (Å²) in [4.78, 5) is 23.8. The van der Waals surface area contributed by atoms with Crippen LogP contribution in [0.3, 0.4) is 0 Å². The van der Waals surface area contributed by atoms with Crippen LogP contribution >= 0.6 is 0 Å². The van der Waals surface area contributed by atoms with E-state index in [0.29, 0.717) is 48.0 Å². The highest BCUT2D eigenvalue weighted by atomic mass is 19.1. The number of hydrogen-bond donors (Lipinski definition) is 2. The van der Waals surface area contributed by atoms with Gasteiger partial charge in [-0.15, -0.1) is 0 Å². The Morgan fingerprint density at radius 2 is 1.84 bits per heavy atom. The molecule has 2 aliphatic rings. The largest absolute Gasteiger partial charge is 0.478 e. The van der Waals surface area contributed by atoms with Crippen LogP contribution in [0.4, 0.5) is 10.1 Å². The van der Waals surface area contributed by atoms with Gasteiger partial charge in [-0.05, 0) is 57.1 Å². The van der Waals surface area contributed by atoms with Crippen molar-refractivity contribution >= 4 is 22.6 Å². The van der Waals surface area contributed by atoms with Crippen LogP contribution in [0.1, 0.15) is 82.2 Å². The van der Waals surface area contributed by atoms with E-state index in [1.54, 1.807) is 6.08 Å². The monoisotopic (exact) mass is 440 g/mol. The van der Waals surface area contributed by atoms with E-state index in [4.69, 9.17) is 5.11 Å². The number of aromatic nitrogens is 1. The summed E-state index contributed by atoms with van der Waals surface area (Å²) in [5, 5.41) is 12.6. The molecule has 6 heteroatoms. The van der Waals surface area contributed by atoms with Crippen LogP contribution in [0, 0.1) is 5.82 Å². The second-order valence-electron chi connectivity index (χ2n) is 9.29. The summed E-state index contributed by atoms with van der Waals surface area (Å²) in [6.07, 6.45) is 16.7. The molecule has 1 heterocycles. The Balaban J connectivity index is 1.67. The number of halogens is 1. The van der Waals surface area contributed by atoms with Crippen molar-refractivity contribution in [1.29, 1.82) is 0 Å². The molecule has 2 aliphatic carbocycles. The Kier molecular flexibility index (Phi) is 7.28. The smallest absolute Gasteiger partial charge is 0.327 e. The molecule has 2 N–H and O–H groups in total. The van der Waals surface area contributed by atoms with Crippen LogP contribution < -0.4 is 10.7 Å². The van der Waals surface area contributed by atoms with Crippen molar-refractivity contribution in [3.05, 3.63) is 52.1 Å². The first-order valence-electron chi connectivity index (χ1n) is 12.1. The molecule has 172 valence electrons. The van der Waals surface area contributed by atoms with Crippen molar-refractivity contribution < 1.29 is 14.3 Å². The third kappa shape index (κ3) is 5.22. The first-order valence-corrected chi connectivity index (χ1v) is 12.1. The minimum absolute atomic E-state index is 0.112. The Hall–Kier alpha value is -2.63. The number of unbranched alkanes of at least 4 members (excludes halogenated alkanes) is 1. The summed E-state index contributed by atoms with van der Waals surface area (Å²) in [5.41, 5.74) is 1.89. The number of aryl methyl sites for hydroxylation is 1. The van der Waals surface area contributed by atoms with Gasteiger partial charge in [0.2, 0.25) is 0 Å². The Morgan fingerprint density at radius 1 is 1.12 bits per heavy atom. The number of anilines is 1. The van der Waals surface area contributed by atoms with E-state index in [1.807, 2.05) is 12.3 Å². The van der Waals surface area contributed by atoms with Crippen molar-refractivity contribution in [2.24, 2.45) is 0 Å². The second-order valence-corrected chi connectivity index (χ2v) is 9.29. The summed E-state index contributed by atoms with van der Waals surface area (Å²) in [7, 11) is 0. The van der Waals surface area contributed by atoms with Crippen LogP contribution in [0.15, 0.2) is 35.3 Å². The molecule has 0 aliphatic heterocycles. The lowest BCUT2D eigenvalue weighted by Crippen LogP contribution is -2.23. The number of benzene rings is 1. The van der Waals surface area contributed by atoms with Gasteiger partial charge in [0.15, 0.2) is 5.43 Å². The van der Waals surface area contributed by atoms with E-state index in [-0.39, 0.29) is 11.2 Å². The fourth-order valence-corrected chi connectivity index (χ4v) is 5.26. The summed E-state index contributed by atoms with van der Waals surface area (Å²) in [6, 6.07) is 3.89. The molecule has 1 aromatic carbocycles. The maximum Gasteiger partial charge on any atom is 0.327 e. The molecule has 2 aromatic rings. The number of hydrogen-bond acceptors (Lipinski definition) is 3. The SMILES string of the molecule is O=C(O)/C=C/CCCc1cn(C2CCCC2)c2cc(NC3CCCCC3)c(F)cc2c1=O. The van der Waals surface area contributed by atoms with Crippen LogP contribution in [0.25, 0.3) is 10.9 Å². The van der Waals surface area contributed by atoms with Gasteiger partial charge in [0.1, 0.15) is 5.82 Å². The number of aliphatic carboxylic acids is 1. The Morgan fingerprint density at radius 3 is 2.56 bits per heavy atom. The molecule has 0 amide bonds. The van der Waals surface area contributed by atoms with Gasteiger partial charge in [0.05, 0.1) is 11.2 Å². The molecule has 1 aromatic heterocycles. The molecular formula is C26H33FN2O3. The minimum atomic E-state index is -0.965. The number of rotatable bonds is 8. The quantitative estimate of drug-likeness (QED) is 0.392. The van der Waals surface area contributed by atoms with Gasteiger partial charge in [-0.2, -0.15) is 0 Å². The highest BCUT2D eigenvalue weighted by molar-refractivity contribution is 5.84. The van der Waals surface area contributed by atoms with Crippen LogP contribution in [-0.2, 0) is 11.2 Å². The van der Waals surface area contributed by atoms with Crippen LogP contribution in [0.5, 0.6) is 0 Å². The maximum atomic E-state index is 15.0.